The van der Waals surface area contributed by atoms with Gasteiger partial charge in [-0.25, -0.2) is 4.98 Å². The Labute approximate surface area is 219 Å². The summed E-state index contributed by atoms with van der Waals surface area (Å²) in [6.45, 7) is 4.45. The minimum atomic E-state index is -0.342. The van der Waals surface area contributed by atoms with Gasteiger partial charge in [-0.15, -0.1) is 21.5 Å². The molecule has 1 atom stereocenters. The lowest BCUT2D eigenvalue weighted by Crippen LogP contribution is -2.28. The first-order valence-electron chi connectivity index (χ1n) is 10.9. The molecular weight excluding hydrogens is 548 g/mol. The van der Waals surface area contributed by atoms with Gasteiger partial charge in [0.2, 0.25) is 5.91 Å². The molecule has 4 aromatic rings. The zero-order valence-corrected chi connectivity index (χ0v) is 22.3. The Bertz CT molecular complexity index is 1310. The summed E-state index contributed by atoms with van der Waals surface area (Å²) in [6.07, 6.45) is 0. The summed E-state index contributed by atoms with van der Waals surface area (Å²) >= 11 is 6.10. The summed E-state index contributed by atoms with van der Waals surface area (Å²) in [7, 11) is 0. The fourth-order valence-corrected chi connectivity index (χ4v) is 5.14. The zero-order valence-electron chi connectivity index (χ0n) is 19.1. The molecule has 0 aliphatic rings. The van der Waals surface area contributed by atoms with E-state index >= 15 is 0 Å². The average molecular weight is 572 g/mol. The van der Waals surface area contributed by atoms with Gasteiger partial charge in [-0.05, 0) is 38.1 Å². The molecule has 0 spiro atoms. The Balaban J connectivity index is 1.34. The average Bonchev–Trinajstić information content (AvgIpc) is 3.50. The van der Waals surface area contributed by atoms with Gasteiger partial charge in [0.25, 0.3) is 5.91 Å². The van der Waals surface area contributed by atoms with E-state index in [-0.39, 0.29) is 23.6 Å². The molecule has 0 saturated heterocycles. The van der Waals surface area contributed by atoms with Gasteiger partial charge in [0.1, 0.15) is 0 Å². The van der Waals surface area contributed by atoms with Crippen molar-refractivity contribution in [2.24, 2.45) is 0 Å². The number of carbonyl (C=O) groups excluding carboxylic acids is 2. The number of anilines is 1. The van der Waals surface area contributed by atoms with E-state index in [0.29, 0.717) is 28.2 Å². The second kappa shape index (κ2) is 11.6. The molecule has 2 amide bonds. The van der Waals surface area contributed by atoms with Crippen molar-refractivity contribution in [2.75, 3.05) is 11.1 Å². The summed E-state index contributed by atoms with van der Waals surface area (Å²) in [5, 5.41) is 17.4. The van der Waals surface area contributed by atoms with E-state index in [1.54, 1.807) is 12.1 Å². The van der Waals surface area contributed by atoms with Gasteiger partial charge in [-0.3, -0.25) is 9.59 Å². The van der Waals surface area contributed by atoms with Crippen LogP contribution in [0.5, 0.6) is 0 Å². The summed E-state index contributed by atoms with van der Waals surface area (Å²) < 4.78 is 2.90. The van der Waals surface area contributed by atoms with E-state index in [4.69, 9.17) is 0 Å². The van der Waals surface area contributed by atoms with Crippen LogP contribution in [0, 0.1) is 0 Å². The van der Waals surface area contributed by atoms with E-state index in [2.05, 4.69) is 41.7 Å². The van der Waals surface area contributed by atoms with E-state index in [1.807, 2.05) is 66.3 Å². The van der Waals surface area contributed by atoms with Crippen molar-refractivity contribution < 1.29 is 9.59 Å². The molecule has 0 unspecified atom stereocenters. The Kier molecular flexibility index (Phi) is 8.32. The lowest BCUT2D eigenvalue weighted by Gasteiger charge is -2.15. The molecule has 0 bridgehead atoms. The van der Waals surface area contributed by atoms with Crippen molar-refractivity contribution in [2.45, 2.75) is 31.6 Å². The predicted octanol–water partition coefficient (Wildman–Crippen LogP) is 5.41. The molecule has 0 aliphatic carbocycles. The lowest BCUT2D eigenvalue weighted by atomic mass is 10.2. The fourth-order valence-electron chi connectivity index (χ4n) is 3.33. The number of hydrogen-bond donors (Lipinski definition) is 2. The third-order valence-corrected chi connectivity index (χ3v) is 7.31. The van der Waals surface area contributed by atoms with Crippen LogP contribution in [0.4, 0.5) is 5.13 Å². The lowest BCUT2D eigenvalue weighted by molar-refractivity contribution is -0.113. The van der Waals surface area contributed by atoms with Crippen molar-refractivity contribution >= 4 is 56.0 Å². The van der Waals surface area contributed by atoms with Crippen LogP contribution < -0.4 is 10.6 Å². The van der Waals surface area contributed by atoms with Crippen LogP contribution in [0.25, 0.3) is 11.3 Å². The second-order valence-electron chi connectivity index (χ2n) is 7.53. The quantitative estimate of drug-likeness (QED) is 0.261. The van der Waals surface area contributed by atoms with E-state index < -0.39 is 0 Å². The first-order valence-corrected chi connectivity index (χ1v) is 13.5. The number of halogens is 1. The van der Waals surface area contributed by atoms with Gasteiger partial charge in [0.15, 0.2) is 16.1 Å². The van der Waals surface area contributed by atoms with Gasteiger partial charge in [-0.1, -0.05) is 58.0 Å². The number of benzene rings is 2. The van der Waals surface area contributed by atoms with Gasteiger partial charge >= 0.3 is 0 Å². The first-order chi connectivity index (χ1) is 16.9. The van der Waals surface area contributed by atoms with Gasteiger partial charge in [-0.2, -0.15) is 0 Å². The summed E-state index contributed by atoms with van der Waals surface area (Å²) in [5.41, 5.74) is 2.38. The Hall–Kier alpha value is -3.02. The van der Waals surface area contributed by atoms with Crippen LogP contribution in [-0.4, -0.2) is 37.3 Å². The molecule has 0 aliphatic heterocycles. The minimum Gasteiger partial charge on any atom is -0.342 e. The molecule has 11 heteroatoms. The Morgan fingerprint density at radius 1 is 1.11 bits per heavy atom. The van der Waals surface area contributed by atoms with Crippen molar-refractivity contribution in [3.8, 4) is 11.3 Å². The normalized spacial score (nSPS) is 11.7. The zero-order chi connectivity index (χ0) is 24.8. The van der Waals surface area contributed by atoms with Gasteiger partial charge in [0, 0.05) is 27.5 Å². The van der Waals surface area contributed by atoms with Gasteiger partial charge in [0.05, 0.1) is 17.5 Å². The highest BCUT2D eigenvalue weighted by molar-refractivity contribution is 9.10. The van der Waals surface area contributed by atoms with Crippen molar-refractivity contribution in [3.05, 3.63) is 75.8 Å². The third kappa shape index (κ3) is 6.36. The molecule has 2 aromatic heterocycles. The Morgan fingerprint density at radius 3 is 2.57 bits per heavy atom. The van der Waals surface area contributed by atoms with Crippen LogP contribution in [0.2, 0.25) is 0 Å². The number of amides is 2. The molecule has 2 N–H and O–H groups in total. The third-order valence-electron chi connectivity index (χ3n) is 5.06. The molecule has 35 heavy (non-hydrogen) atoms. The molecule has 0 radical (unpaired) electrons. The topological polar surface area (TPSA) is 102 Å². The van der Waals surface area contributed by atoms with Gasteiger partial charge < -0.3 is 15.2 Å². The molecule has 8 nitrogen and oxygen atoms in total. The number of thioether (sulfide) groups is 1. The highest BCUT2D eigenvalue weighted by atomic mass is 79.9. The highest BCUT2D eigenvalue weighted by Crippen LogP contribution is 2.27. The minimum absolute atomic E-state index is 0.163. The fraction of sp³-hybridized carbons (Fsp3) is 0.208. The first kappa shape index (κ1) is 25.1. The standard InChI is InChI=1S/C24H23BrN6O2S2/c1-3-31-21(15(2)26-22(33)17-7-5-4-6-8-17)29-30-24(31)35-14-20(32)28-23-27-19(13-34-23)16-9-11-18(25)12-10-16/h4-13,15H,3,14H2,1-2H3,(H,26,33)(H,27,28,32)/t15-/m1/s1. The van der Waals surface area contributed by atoms with Crippen LogP contribution in [0.15, 0.2) is 69.6 Å². The molecular formula is C24H23BrN6O2S2. The monoisotopic (exact) mass is 570 g/mol. The largest absolute Gasteiger partial charge is 0.342 e. The van der Waals surface area contributed by atoms with Crippen molar-refractivity contribution in [1.29, 1.82) is 0 Å². The highest BCUT2D eigenvalue weighted by Gasteiger charge is 2.20. The summed E-state index contributed by atoms with van der Waals surface area (Å²) in [4.78, 5) is 29.5. The number of carbonyl (C=O) groups is 2. The maximum atomic E-state index is 12.5. The molecule has 0 saturated carbocycles. The predicted molar refractivity (Wildman–Crippen MR) is 143 cm³/mol. The number of hydrogen-bond acceptors (Lipinski definition) is 7. The summed E-state index contributed by atoms with van der Waals surface area (Å²) in [5.74, 6) is 0.446. The molecule has 4 rings (SSSR count). The number of aromatic nitrogens is 4. The number of nitrogens with one attached hydrogen (secondary N) is 2. The molecule has 0 fully saturated rings. The second-order valence-corrected chi connectivity index (χ2v) is 10.2. The molecule has 2 heterocycles. The maximum Gasteiger partial charge on any atom is 0.251 e. The van der Waals surface area contributed by atoms with Crippen LogP contribution >= 0.6 is 39.0 Å². The van der Waals surface area contributed by atoms with Crippen molar-refractivity contribution in [1.82, 2.24) is 25.1 Å². The number of thiazole rings is 1. The number of nitrogens with zero attached hydrogens (tertiary/aromatic N) is 4. The SMILES string of the molecule is CCn1c(SCC(=O)Nc2nc(-c3ccc(Br)cc3)cs2)nnc1[C@@H](C)NC(=O)c1ccccc1. The molecule has 180 valence electrons. The number of rotatable bonds is 9. The Morgan fingerprint density at radius 2 is 1.86 bits per heavy atom. The maximum absolute atomic E-state index is 12.5. The van der Waals surface area contributed by atoms with Crippen LogP contribution in [-0.2, 0) is 11.3 Å². The van der Waals surface area contributed by atoms with Crippen LogP contribution in [0.3, 0.4) is 0 Å². The van der Waals surface area contributed by atoms with Crippen molar-refractivity contribution in [3.63, 3.8) is 0 Å². The van der Waals surface area contributed by atoms with E-state index in [1.165, 1.54) is 23.1 Å². The summed E-state index contributed by atoms with van der Waals surface area (Å²) in [6, 6.07) is 16.5. The smallest absolute Gasteiger partial charge is 0.251 e. The van der Waals surface area contributed by atoms with E-state index in [0.717, 1.165) is 15.7 Å². The van der Waals surface area contributed by atoms with Crippen LogP contribution in [0.1, 0.15) is 36.1 Å². The van der Waals surface area contributed by atoms with E-state index in [9.17, 15) is 9.59 Å². The molecule has 2 aromatic carbocycles.